The first-order chi connectivity index (χ1) is 13.9. The molecule has 0 aliphatic heterocycles. The molecular formula is C24H24N2O3. The number of anilines is 2. The lowest BCUT2D eigenvalue weighted by atomic mass is 10.1. The van der Waals surface area contributed by atoms with Gasteiger partial charge >= 0.3 is 0 Å². The second kappa shape index (κ2) is 9.06. The number of benzene rings is 3. The van der Waals surface area contributed by atoms with Crippen LogP contribution in [0.3, 0.4) is 0 Å². The van der Waals surface area contributed by atoms with Gasteiger partial charge in [0.25, 0.3) is 11.8 Å². The van der Waals surface area contributed by atoms with Gasteiger partial charge in [-0.05, 0) is 74.9 Å². The molecule has 0 saturated heterocycles. The Kier molecular flexibility index (Phi) is 6.29. The largest absolute Gasteiger partial charge is 0.491 e. The smallest absolute Gasteiger partial charge is 0.255 e. The molecule has 0 spiro atoms. The van der Waals surface area contributed by atoms with Gasteiger partial charge in [-0.1, -0.05) is 24.3 Å². The van der Waals surface area contributed by atoms with E-state index in [4.69, 9.17) is 4.74 Å². The number of rotatable bonds is 6. The highest BCUT2D eigenvalue weighted by molar-refractivity contribution is 6.06. The molecule has 0 unspecified atom stereocenters. The fraction of sp³-hybridized carbons (Fsp3) is 0.167. The molecule has 0 radical (unpaired) electrons. The normalized spacial score (nSPS) is 10.5. The molecule has 0 atom stereocenters. The Bertz CT molecular complexity index is 1010. The number of carbonyl (C=O) groups excluding carboxylic acids is 2. The lowest BCUT2D eigenvalue weighted by Gasteiger charge is -2.13. The molecule has 2 N–H and O–H groups in total. The summed E-state index contributed by atoms with van der Waals surface area (Å²) in [5.41, 5.74) is 3.31. The van der Waals surface area contributed by atoms with Crippen molar-refractivity contribution in [2.75, 3.05) is 10.6 Å². The topological polar surface area (TPSA) is 67.4 Å². The van der Waals surface area contributed by atoms with Crippen molar-refractivity contribution in [2.24, 2.45) is 0 Å². The van der Waals surface area contributed by atoms with Crippen LogP contribution < -0.4 is 15.4 Å². The average molecular weight is 388 g/mol. The third kappa shape index (κ3) is 5.45. The number of ether oxygens (including phenoxy) is 1. The number of hydrogen-bond donors (Lipinski definition) is 2. The van der Waals surface area contributed by atoms with Crippen LogP contribution in [0.15, 0.2) is 72.8 Å². The Balaban J connectivity index is 1.69. The van der Waals surface area contributed by atoms with Gasteiger partial charge < -0.3 is 15.4 Å². The van der Waals surface area contributed by atoms with E-state index in [9.17, 15) is 9.59 Å². The molecule has 3 aromatic rings. The van der Waals surface area contributed by atoms with Crippen LogP contribution in [-0.2, 0) is 0 Å². The molecule has 5 heteroatoms. The van der Waals surface area contributed by atoms with Gasteiger partial charge in [-0.25, -0.2) is 0 Å². The van der Waals surface area contributed by atoms with E-state index in [0.717, 1.165) is 5.56 Å². The van der Waals surface area contributed by atoms with Crippen LogP contribution >= 0.6 is 0 Å². The van der Waals surface area contributed by atoms with E-state index in [-0.39, 0.29) is 17.9 Å². The molecular weight excluding hydrogens is 364 g/mol. The lowest BCUT2D eigenvalue weighted by molar-refractivity contribution is 0.101. The Morgan fingerprint density at radius 1 is 0.793 bits per heavy atom. The van der Waals surface area contributed by atoms with Crippen molar-refractivity contribution in [1.29, 1.82) is 0 Å². The minimum Gasteiger partial charge on any atom is -0.491 e. The van der Waals surface area contributed by atoms with Gasteiger partial charge in [0, 0.05) is 22.5 Å². The van der Waals surface area contributed by atoms with Crippen LogP contribution in [-0.4, -0.2) is 17.9 Å². The van der Waals surface area contributed by atoms with Crippen LogP contribution in [0.5, 0.6) is 5.75 Å². The number of aryl methyl sites for hydroxylation is 1. The zero-order valence-corrected chi connectivity index (χ0v) is 16.7. The predicted octanol–water partition coefficient (Wildman–Crippen LogP) is 5.29. The second-order valence-electron chi connectivity index (χ2n) is 7.00. The molecule has 0 aromatic heterocycles. The van der Waals surface area contributed by atoms with E-state index in [1.165, 1.54) is 0 Å². The second-order valence-corrected chi connectivity index (χ2v) is 7.00. The standard InChI is InChI=1S/C24H24N2O3/c1-16(2)29-21-11-7-10-19(15-21)24(28)25-20-12-13-22(17(3)14-20)26-23(27)18-8-5-4-6-9-18/h4-16H,1-3H3,(H,25,28)(H,26,27). The minimum atomic E-state index is -0.223. The van der Waals surface area contributed by atoms with Gasteiger partial charge in [0.2, 0.25) is 0 Å². The highest BCUT2D eigenvalue weighted by atomic mass is 16.5. The maximum Gasteiger partial charge on any atom is 0.255 e. The summed E-state index contributed by atoms with van der Waals surface area (Å²) in [6.07, 6.45) is 0.0367. The van der Waals surface area contributed by atoms with Crippen molar-refractivity contribution in [3.63, 3.8) is 0 Å². The number of carbonyl (C=O) groups is 2. The van der Waals surface area contributed by atoms with Crippen molar-refractivity contribution in [3.05, 3.63) is 89.5 Å². The summed E-state index contributed by atoms with van der Waals surface area (Å²) in [5.74, 6) is 0.259. The summed E-state index contributed by atoms with van der Waals surface area (Å²) in [5, 5.41) is 5.78. The fourth-order valence-corrected chi connectivity index (χ4v) is 2.85. The van der Waals surface area contributed by atoms with Crippen molar-refractivity contribution in [3.8, 4) is 5.75 Å². The third-order valence-electron chi connectivity index (χ3n) is 4.24. The summed E-state index contributed by atoms with van der Waals surface area (Å²) >= 11 is 0. The summed E-state index contributed by atoms with van der Waals surface area (Å²) in [6.45, 7) is 5.76. The average Bonchev–Trinajstić information content (AvgIpc) is 2.70. The molecule has 5 nitrogen and oxygen atoms in total. The molecule has 3 rings (SSSR count). The van der Waals surface area contributed by atoms with Crippen LogP contribution in [0.1, 0.15) is 40.1 Å². The number of amides is 2. The summed E-state index contributed by atoms with van der Waals surface area (Å²) < 4.78 is 5.64. The molecule has 148 valence electrons. The maximum absolute atomic E-state index is 12.6. The summed E-state index contributed by atoms with van der Waals surface area (Å²) in [7, 11) is 0. The van der Waals surface area contributed by atoms with Crippen LogP contribution in [0.4, 0.5) is 11.4 Å². The Labute approximate surface area is 170 Å². The minimum absolute atomic E-state index is 0.0367. The number of nitrogens with one attached hydrogen (secondary N) is 2. The molecule has 0 aliphatic rings. The van der Waals surface area contributed by atoms with Crippen molar-refractivity contribution >= 4 is 23.2 Å². The quantitative estimate of drug-likeness (QED) is 0.603. The maximum atomic E-state index is 12.6. The first-order valence-corrected chi connectivity index (χ1v) is 9.47. The zero-order chi connectivity index (χ0) is 20.8. The molecule has 29 heavy (non-hydrogen) atoms. The Hall–Kier alpha value is -3.60. The van der Waals surface area contributed by atoms with Crippen molar-refractivity contribution < 1.29 is 14.3 Å². The molecule has 0 aliphatic carbocycles. The van der Waals surface area contributed by atoms with Crippen LogP contribution in [0.2, 0.25) is 0 Å². The van der Waals surface area contributed by atoms with Crippen molar-refractivity contribution in [1.82, 2.24) is 0 Å². The van der Waals surface area contributed by atoms with Crippen LogP contribution in [0.25, 0.3) is 0 Å². The van der Waals surface area contributed by atoms with Gasteiger partial charge in [0.05, 0.1) is 6.10 Å². The predicted molar refractivity (Wildman–Crippen MR) is 116 cm³/mol. The molecule has 3 aromatic carbocycles. The van der Waals surface area contributed by atoms with E-state index in [1.807, 2.05) is 51.1 Å². The number of hydrogen-bond acceptors (Lipinski definition) is 3. The van der Waals surface area contributed by atoms with Gasteiger partial charge in [-0.2, -0.15) is 0 Å². The lowest BCUT2D eigenvalue weighted by Crippen LogP contribution is -2.14. The van der Waals surface area contributed by atoms with E-state index < -0.39 is 0 Å². The first kappa shape index (κ1) is 20.1. The Morgan fingerprint density at radius 2 is 1.48 bits per heavy atom. The molecule has 0 saturated carbocycles. The van der Waals surface area contributed by atoms with Gasteiger partial charge in [0.1, 0.15) is 5.75 Å². The molecule has 0 bridgehead atoms. The van der Waals surface area contributed by atoms with Crippen molar-refractivity contribution in [2.45, 2.75) is 26.9 Å². The van der Waals surface area contributed by atoms with Gasteiger partial charge in [-0.15, -0.1) is 0 Å². The van der Waals surface area contributed by atoms with E-state index in [2.05, 4.69) is 10.6 Å². The molecule has 0 heterocycles. The van der Waals surface area contributed by atoms with Gasteiger partial charge in [0.15, 0.2) is 0 Å². The third-order valence-corrected chi connectivity index (χ3v) is 4.24. The van der Waals surface area contributed by atoms with E-state index in [0.29, 0.717) is 28.3 Å². The van der Waals surface area contributed by atoms with Crippen LogP contribution in [0, 0.1) is 6.92 Å². The fourth-order valence-electron chi connectivity index (χ4n) is 2.85. The molecule has 0 fully saturated rings. The molecule has 2 amide bonds. The first-order valence-electron chi connectivity index (χ1n) is 9.47. The van der Waals surface area contributed by atoms with E-state index in [1.54, 1.807) is 42.5 Å². The zero-order valence-electron chi connectivity index (χ0n) is 16.7. The van der Waals surface area contributed by atoms with E-state index >= 15 is 0 Å². The Morgan fingerprint density at radius 3 is 2.17 bits per heavy atom. The highest BCUT2D eigenvalue weighted by Gasteiger charge is 2.11. The SMILES string of the molecule is Cc1cc(NC(=O)c2cccc(OC(C)C)c2)ccc1NC(=O)c1ccccc1. The summed E-state index contributed by atoms with van der Waals surface area (Å²) in [4.78, 5) is 24.9. The highest BCUT2D eigenvalue weighted by Crippen LogP contribution is 2.22. The summed E-state index contributed by atoms with van der Waals surface area (Å²) in [6, 6.07) is 21.5. The van der Waals surface area contributed by atoms with Gasteiger partial charge in [-0.3, -0.25) is 9.59 Å². The monoisotopic (exact) mass is 388 g/mol.